The van der Waals surface area contributed by atoms with Crippen molar-refractivity contribution in [2.24, 2.45) is 13.0 Å². The second-order valence-corrected chi connectivity index (χ2v) is 3.34. The molecule has 0 N–H and O–H groups in total. The van der Waals surface area contributed by atoms with Crippen LogP contribution in [0.1, 0.15) is 19.5 Å². The summed E-state index contributed by atoms with van der Waals surface area (Å²) in [6.07, 6.45) is 0.587. The Labute approximate surface area is 75.7 Å². The van der Waals surface area contributed by atoms with E-state index in [-0.39, 0.29) is 5.82 Å². The molecule has 0 amide bonds. The van der Waals surface area contributed by atoms with Gasteiger partial charge in [0.1, 0.15) is 7.05 Å². The maximum atomic E-state index is 10.6. The number of nitrogens with zero attached hydrogens (tertiary/aromatic N) is 4. The van der Waals surface area contributed by atoms with Crippen molar-refractivity contribution in [1.82, 2.24) is 15.0 Å². The van der Waals surface area contributed by atoms with Gasteiger partial charge in [-0.05, 0) is 10.8 Å². The molecule has 1 heterocycles. The third-order valence-corrected chi connectivity index (χ3v) is 1.64. The first-order valence-electron chi connectivity index (χ1n) is 4.05. The van der Waals surface area contributed by atoms with E-state index in [2.05, 4.69) is 10.3 Å². The van der Waals surface area contributed by atoms with Gasteiger partial charge < -0.3 is 10.1 Å². The van der Waals surface area contributed by atoms with Gasteiger partial charge in [0, 0.05) is 11.6 Å². The molecule has 0 aromatic carbocycles. The van der Waals surface area contributed by atoms with Gasteiger partial charge in [0.15, 0.2) is 5.69 Å². The van der Waals surface area contributed by atoms with Gasteiger partial charge in [-0.15, -0.1) is 9.78 Å². The van der Waals surface area contributed by atoms with E-state index in [1.54, 1.807) is 0 Å². The van der Waals surface area contributed by atoms with Crippen molar-refractivity contribution >= 4 is 5.82 Å². The number of aryl methyl sites for hydroxylation is 1. The van der Waals surface area contributed by atoms with Crippen LogP contribution in [0, 0.1) is 16.0 Å². The van der Waals surface area contributed by atoms with Crippen molar-refractivity contribution in [3.05, 3.63) is 15.8 Å². The van der Waals surface area contributed by atoms with E-state index in [1.807, 2.05) is 13.8 Å². The summed E-state index contributed by atoms with van der Waals surface area (Å²) in [5, 5.41) is 18.0. The van der Waals surface area contributed by atoms with E-state index >= 15 is 0 Å². The molecule has 6 heteroatoms. The molecule has 0 aliphatic rings. The second-order valence-electron chi connectivity index (χ2n) is 3.34. The van der Waals surface area contributed by atoms with Crippen LogP contribution < -0.4 is 0 Å². The minimum absolute atomic E-state index is 0.00583. The number of aromatic nitrogens is 3. The normalized spacial score (nSPS) is 10.8. The van der Waals surface area contributed by atoms with E-state index in [9.17, 15) is 10.1 Å². The fourth-order valence-electron chi connectivity index (χ4n) is 1.14. The van der Waals surface area contributed by atoms with E-state index < -0.39 is 4.92 Å². The highest BCUT2D eigenvalue weighted by Gasteiger charge is 2.21. The lowest BCUT2D eigenvalue weighted by Crippen LogP contribution is -2.02. The standard InChI is InChI=1S/C7H12N4O2/c1-5(2)4-6-7(11(12)13)10(3)9-8-6/h5H,4H2,1-3H3. The minimum atomic E-state index is -0.447. The van der Waals surface area contributed by atoms with Crippen molar-refractivity contribution in [3.63, 3.8) is 0 Å². The van der Waals surface area contributed by atoms with E-state index in [0.29, 0.717) is 18.0 Å². The molecule has 1 aromatic heterocycles. The van der Waals surface area contributed by atoms with Gasteiger partial charge in [-0.2, -0.15) is 0 Å². The molecule has 1 aromatic rings. The third kappa shape index (κ3) is 2.01. The van der Waals surface area contributed by atoms with Crippen molar-refractivity contribution in [2.75, 3.05) is 0 Å². The Kier molecular flexibility index (Phi) is 2.60. The van der Waals surface area contributed by atoms with Gasteiger partial charge in [-0.25, -0.2) is 0 Å². The maximum Gasteiger partial charge on any atom is 0.368 e. The molecule has 0 atom stereocenters. The number of rotatable bonds is 3. The highest BCUT2D eigenvalue weighted by molar-refractivity contribution is 5.25. The predicted molar refractivity (Wildman–Crippen MR) is 46.2 cm³/mol. The summed E-state index contributed by atoms with van der Waals surface area (Å²) in [5.74, 6) is 0.337. The van der Waals surface area contributed by atoms with Crippen LogP contribution in [0.3, 0.4) is 0 Å². The molecular formula is C7H12N4O2. The lowest BCUT2D eigenvalue weighted by atomic mass is 10.1. The lowest BCUT2D eigenvalue weighted by Gasteiger charge is -1.99. The van der Waals surface area contributed by atoms with Crippen LogP contribution in [0.25, 0.3) is 0 Å². The van der Waals surface area contributed by atoms with Crippen molar-refractivity contribution < 1.29 is 4.92 Å². The topological polar surface area (TPSA) is 73.8 Å². The Morgan fingerprint density at radius 1 is 1.62 bits per heavy atom. The van der Waals surface area contributed by atoms with Crippen LogP contribution in [0.5, 0.6) is 0 Å². The fraction of sp³-hybridized carbons (Fsp3) is 0.714. The van der Waals surface area contributed by atoms with Crippen LogP contribution in [-0.2, 0) is 13.5 Å². The number of hydrogen-bond acceptors (Lipinski definition) is 4. The largest absolute Gasteiger partial charge is 0.368 e. The van der Waals surface area contributed by atoms with Crippen LogP contribution >= 0.6 is 0 Å². The van der Waals surface area contributed by atoms with Crippen molar-refractivity contribution in [1.29, 1.82) is 0 Å². The molecule has 13 heavy (non-hydrogen) atoms. The summed E-state index contributed by atoms with van der Waals surface area (Å²) in [4.78, 5) is 10.1. The molecule has 0 bridgehead atoms. The lowest BCUT2D eigenvalue weighted by molar-refractivity contribution is -0.393. The van der Waals surface area contributed by atoms with Gasteiger partial charge in [0.25, 0.3) is 0 Å². The summed E-state index contributed by atoms with van der Waals surface area (Å²) >= 11 is 0. The van der Waals surface area contributed by atoms with Crippen LogP contribution in [-0.4, -0.2) is 19.9 Å². The zero-order chi connectivity index (χ0) is 10.0. The van der Waals surface area contributed by atoms with E-state index in [1.165, 1.54) is 11.7 Å². The molecule has 0 radical (unpaired) electrons. The molecular weight excluding hydrogens is 172 g/mol. The first kappa shape index (κ1) is 9.63. The number of hydrogen-bond donors (Lipinski definition) is 0. The van der Waals surface area contributed by atoms with Gasteiger partial charge in [0.05, 0.1) is 0 Å². The molecule has 0 saturated heterocycles. The quantitative estimate of drug-likeness (QED) is 0.517. The second kappa shape index (κ2) is 3.51. The minimum Gasteiger partial charge on any atom is -0.358 e. The molecule has 72 valence electrons. The highest BCUT2D eigenvalue weighted by Crippen LogP contribution is 2.17. The maximum absolute atomic E-state index is 10.6. The Bertz CT molecular complexity index is 318. The van der Waals surface area contributed by atoms with Crippen LogP contribution in [0.2, 0.25) is 0 Å². The zero-order valence-electron chi connectivity index (χ0n) is 7.89. The summed E-state index contributed by atoms with van der Waals surface area (Å²) in [6, 6.07) is 0. The highest BCUT2D eigenvalue weighted by atomic mass is 16.6. The molecule has 6 nitrogen and oxygen atoms in total. The van der Waals surface area contributed by atoms with Gasteiger partial charge in [-0.1, -0.05) is 13.8 Å². The summed E-state index contributed by atoms with van der Waals surface area (Å²) in [5.41, 5.74) is 0.461. The molecule has 0 aliphatic heterocycles. The van der Waals surface area contributed by atoms with Crippen LogP contribution in [0.4, 0.5) is 5.82 Å². The fourth-order valence-corrected chi connectivity index (χ4v) is 1.14. The van der Waals surface area contributed by atoms with Crippen LogP contribution in [0.15, 0.2) is 0 Å². The Morgan fingerprint density at radius 3 is 2.69 bits per heavy atom. The average Bonchev–Trinajstić information content (AvgIpc) is 2.30. The van der Waals surface area contributed by atoms with Crippen molar-refractivity contribution in [3.8, 4) is 0 Å². The first-order chi connectivity index (χ1) is 6.02. The molecule has 1 rings (SSSR count). The molecule has 0 spiro atoms. The van der Waals surface area contributed by atoms with Crippen molar-refractivity contribution in [2.45, 2.75) is 20.3 Å². The summed E-state index contributed by atoms with van der Waals surface area (Å²) in [6.45, 7) is 3.97. The Morgan fingerprint density at radius 2 is 2.23 bits per heavy atom. The SMILES string of the molecule is CC(C)Cc1nnn(C)c1[N+](=O)[O-]. The van der Waals surface area contributed by atoms with Gasteiger partial charge in [0.2, 0.25) is 0 Å². The zero-order valence-corrected chi connectivity index (χ0v) is 7.89. The first-order valence-corrected chi connectivity index (χ1v) is 4.05. The molecule has 0 aliphatic carbocycles. The van der Waals surface area contributed by atoms with E-state index in [4.69, 9.17) is 0 Å². The summed E-state index contributed by atoms with van der Waals surface area (Å²) < 4.78 is 1.19. The Balaban J connectivity index is 3.00. The van der Waals surface area contributed by atoms with E-state index in [0.717, 1.165) is 0 Å². The molecule has 0 unspecified atom stereocenters. The van der Waals surface area contributed by atoms with Gasteiger partial charge >= 0.3 is 5.82 Å². The predicted octanol–water partition coefficient (Wildman–Crippen LogP) is 0.922. The number of nitro groups is 1. The molecule has 0 saturated carbocycles. The monoisotopic (exact) mass is 184 g/mol. The smallest absolute Gasteiger partial charge is 0.358 e. The third-order valence-electron chi connectivity index (χ3n) is 1.64. The molecule has 0 fully saturated rings. The average molecular weight is 184 g/mol. The summed E-state index contributed by atoms with van der Waals surface area (Å²) in [7, 11) is 1.52. The van der Waals surface area contributed by atoms with Gasteiger partial charge in [-0.3, -0.25) is 0 Å². The Hall–Kier alpha value is -1.46.